The zero-order valence-corrected chi connectivity index (χ0v) is 20.4. The second-order valence-electron chi connectivity index (χ2n) is 8.07. The fraction of sp³-hybridized carbons (Fsp3) is 0.391. The van der Waals surface area contributed by atoms with Crippen LogP contribution >= 0.6 is 11.6 Å². The Kier molecular flexibility index (Phi) is 9.09. The van der Waals surface area contributed by atoms with Gasteiger partial charge in [-0.25, -0.2) is 8.42 Å². The predicted molar refractivity (Wildman–Crippen MR) is 128 cm³/mol. The maximum absolute atomic E-state index is 13.4. The van der Waals surface area contributed by atoms with Gasteiger partial charge in [-0.05, 0) is 42.7 Å². The van der Waals surface area contributed by atoms with Crippen LogP contribution in [0.15, 0.2) is 54.6 Å². The van der Waals surface area contributed by atoms with E-state index in [4.69, 9.17) is 11.6 Å². The van der Waals surface area contributed by atoms with Gasteiger partial charge in [-0.1, -0.05) is 55.8 Å². The topological polar surface area (TPSA) is 86.8 Å². The van der Waals surface area contributed by atoms with Crippen molar-refractivity contribution < 1.29 is 18.0 Å². The maximum atomic E-state index is 13.4. The van der Waals surface area contributed by atoms with E-state index in [1.165, 1.54) is 4.90 Å². The smallest absolute Gasteiger partial charge is 0.244 e. The molecule has 1 atom stereocenters. The number of anilines is 1. The summed E-state index contributed by atoms with van der Waals surface area (Å²) in [6.45, 7) is 5.74. The third-order valence-electron chi connectivity index (χ3n) is 4.82. The van der Waals surface area contributed by atoms with Gasteiger partial charge >= 0.3 is 0 Å². The molecule has 0 heterocycles. The van der Waals surface area contributed by atoms with E-state index in [1.54, 1.807) is 61.5 Å². The van der Waals surface area contributed by atoms with Crippen LogP contribution in [0.1, 0.15) is 26.3 Å². The monoisotopic (exact) mass is 479 g/mol. The molecule has 7 nitrogen and oxygen atoms in total. The van der Waals surface area contributed by atoms with Crippen molar-refractivity contribution in [1.82, 2.24) is 10.2 Å². The average molecular weight is 480 g/mol. The van der Waals surface area contributed by atoms with Gasteiger partial charge in [-0.2, -0.15) is 0 Å². The number of sulfonamides is 1. The quantitative estimate of drug-likeness (QED) is 0.566. The van der Waals surface area contributed by atoms with Crippen LogP contribution in [0.5, 0.6) is 0 Å². The highest BCUT2D eigenvalue weighted by molar-refractivity contribution is 7.92. The van der Waals surface area contributed by atoms with E-state index in [0.29, 0.717) is 17.3 Å². The highest BCUT2D eigenvalue weighted by Crippen LogP contribution is 2.19. The number of benzene rings is 2. The molecule has 2 aromatic carbocycles. The number of hydrogen-bond acceptors (Lipinski definition) is 4. The molecule has 0 bridgehead atoms. The van der Waals surface area contributed by atoms with E-state index in [2.05, 4.69) is 5.32 Å². The summed E-state index contributed by atoms with van der Waals surface area (Å²) in [5, 5.41) is 3.35. The van der Waals surface area contributed by atoms with Crippen molar-refractivity contribution >= 4 is 39.1 Å². The van der Waals surface area contributed by atoms with Crippen LogP contribution in [0.4, 0.5) is 5.69 Å². The van der Waals surface area contributed by atoms with Crippen molar-refractivity contribution in [2.45, 2.75) is 33.4 Å². The first-order chi connectivity index (χ1) is 15.0. The Hall–Kier alpha value is -2.58. The Morgan fingerprint density at radius 1 is 1.03 bits per heavy atom. The number of para-hydroxylation sites is 1. The van der Waals surface area contributed by atoms with Crippen molar-refractivity contribution in [2.24, 2.45) is 5.92 Å². The summed E-state index contributed by atoms with van der Waals surface area (Å²) in [4.78, 5) is 27.5. The molecule has 0 aliphatic carbocycles. The molecule has 0 aliphatic heterocycles. The molecule has 0 aliphatic rings. The van der Waals surface area contributed by atoms with Crippen molar-refractivity contribution in [2.75, 3.05) is 23.7 Å². The molecule has 174 valence electrons. The number of amides is 2. The predicted octanol–water partition coefficient (Wildman–Crippen LogP) is 3.30. The number of carbonyl (C=O) groups is 2. The van der Waals surface area contributed by atoms with Crippen LogP contribution in [0.2, 0.25) is 5.02 Å². The Bertz CT molecular complexity index is 1030. The van der Waals surface area contributed by atoms with Gasteiger partial charge in [0.15, 0.2) is 0 Å². The van der Waals surface area contributed by atoms with Gasteiger partial charge in [-0.15, -0.1) is 0 Å². The lowest BCUT2D eigenvalue weighted by Crippen LogP contribution is -2.51. The van der Waals surface area contributed by atoms with Crippen LogP contribution < -0.4 is 9.62 Å². The van der Waals surface area contributed by atoms with E-state index in [-0.39, 0.29) is 18.4 Å². The number of nitrogens with zero attached hydrogens (tertiary/aromatic N) is 2. The van der Waals surface area contributed by atoms with Crippen molar-refractivity contribution in [3.63, 3.8) is 0 Å². The molecule has 0 spiro atoms. The molecule has 0 aromatic heterocycles. The van der Waals surface area contributed by atoms with Crippen LogP contribution in [-0.2, 0) is 26.2 Å². The van der Waals surface area contributed by atoms with Gasteiger partial charge in [0.05, 0.1) is 11.9 Å². The Morgan fingerprint density at radius 2 is 1.69 bits per heavy atom. The fourth-order valence-electron chi connectivity index (χ4n) is 3.08. The first-order valence-electron chi connectivity index (χ1n) is 10.3. The molecule has 0 saturated heterocycles. The molecule has 9 heteroatoms. The first-order valence-corrected chi connectivity index (χ1v) is 12.6. The molecule has 2 aromatic rings. The van der Waals surface area contributed by atoms with Gasteiger partial charge in [0, 0.05) is 18.1 Å². The number of nitrogens with one attached hydrogen (secondary N) is 1. The molecule has 1 N–H and O–H groups in total. The molecule has 32 heavy (non-hydrogen) atoms. The molecule has 0 unspecified atom stereocenters. The van der Waals surface area contributed by atoms with Crippen molar-refractivity contribution in [3.05, 3.63) is 65.2 Å². The minimum atomic E-state index is -3.73. The fourth-order valence-corrected chi connectivity index (χ4v) is 4.14. The summed E-state index contributed by atoms with van der Waals surface area (Å²) in [5.41, 5.74) is 1.11. The Labute approximate surface area is 195 Å². The zero-order chi connectivity index (χ0) is 23.9. The summed E-state index contributed by atoms with van der Waals surface area (Å²) >= 11 is 6.09. The summed E-state index contributed by atoms with van der Waals surface area (Å²) in [5.74, 6) is -0.548. The highest BCUT2D eigenvalue weighted by Gasteiger charge is 2.30. The molecule has 0 radical (unpaired) electrons. The SMILES string of the molecule is CC(C)CNC(=O)[C@@H](C)N(Cc1cccc(Cl)c1)C(=O)CN(c1ccccc1)S(C)(=O)=O. The minimum Gasteiger partial charge on any atom is -0.354 e. The van der Waals surface area contributed by atoms with Crippen LogP contribution in [-0.4, -0.2) is 50.5 Å². The van der Waals surface area contributed by atoms with E-state index in [0.717, 1.165) is 16.1 Å². The van der Waals surface area contributed by atoms with Crippen LogP contribution in [0.3, 0.4) is 0 Å². The van der Waals surface area contributed by atoms with Gasteiger partial charge in [0.25, 0.3) is 0 Å². The zero-order valence-electron chi connectivity index (χ0n) is 18.8. The lowest BCUT2D eigenvalue weighted by Gasteiger charge is -2.31. The van der Waals surface area contributed by atoms with Crippen molar-refractivity contribution in [3.8, 4) is 0 Å². The number of rotatable bonds is 10. The summed E-state index contributed by atoms with van der Waals surface area (Å²) in [6, 6.07) is 14.6. The second kappa shape index (κ2) is 11.3. The standard InChI is InChI=1S/C23H30ClN3O4S/c1-17(2)14-25-23(29)18(3)26(15-19-9-8-10-20(24)13-19)22(28)16-27(32(4,30)31)21-11-6-5-7-12-21/h5-13,17-18H,14-16H2,1-4H3,(H,25,29)/t18-/m1/s1. The highest BCUT2D eigenvalue weighted by atomic mass is 35.5. The first kappa shape index (κ1) is 25.7. The Morgan fingerprint density at radius 3 is 2.25 bits per heavy atom. The minimum absolute atomic E-state index is 0.113. The lowest BCUT2D eigenvalue weighted by atomic mass is 10.1. The average Bonchev–Trinajstić information content (AvgIpc) is 2.73. The lowest BCUT2D eigenvalue weighted by molar-refractivity contribution is -0.139. The largest absolute Gasteiger partial charge is 0.354 e. The van der Waals surface area contributed by atoms with Crippen LogP contribution in [0.25, 0.3) is 0 Å². The number of halogens is 1. The second-order valence-corrected chi connectivity index (χ2v) is 10.4. The molecule has 0 fully saturated rings. The van der Waals surface area contributed by atoms with Gasteiger partial charge in [-0.3, -0.25) is 13.9 Å². The van der Waals surface area contributed by atoms with E-state index >= 15 is 0 Å². The molecular weight excluding hydrogens is 450 g/mol. The number of carbonyl (C=O) groups excluding carboxylic acids is 2. The van der Waals surface area contributed by atoms with Crippen LogP contribution in [0, 0.1) is 5.92 Å². The van der Waals surface area contributed by atoms with E-state index in [1.807, 2.05) is 13.8 Å². The Balaban J connectivity index is 2.33. The third kappa shape index (κ3) is 7.53. The number of hydrogen-bond donors (Lipinski definition) is 1. The van der Waals surface area contributed by atoms with Gasteiger partial charge < -0.3 is 10.2 Å². The summed E-state index contributed by atoms with van der Waals surface area (Å²) < 4.78 is 25.9. The van der Waals surface area contributed by atoms with Crippen molar-refractivity contribution in [1.29, 1.82) is 0 Å². The molecule has 2 amide bonds. The van der Waals surface area contributed by atoms with Gasteiger partial charge in [0.1, 0.15) is 12.6 Å². The van der Waals surface area contributed by atoms with Gasteiger partial charge in [0.2, 0.25) is 21.8 Å². The molecule has 0 saturated carbocycles. The third-order valence-corrected chi connectivity index (χ3v) is 6.19. The molecular formula is C23H30ClN3O4S. The van der Waals surface area contributed by atoms with E-state index < -0.39 is 28.5 Å². The maximum Gasteiger partial charge on any atom is 0.244 e. The summed E-state index contributed by atoms with van der Waals surface area (Å²) in [7, 11) is -3.73. The summed E-state index contributed by atoms with van der Waals surface area (Å²) in [6.07, 6.45) is 1.05. The normalized spacial score (nSPS) is 12.3. The molecule has 2 rings (SSSR count). The van der Waals surface area contributed by atoms with E-state index in [9.17, 15) is 18.0 Å².